The van der Waals surface area contributed by atoms with Gasteiger partial charge in [0.2, 0.25) is 5.95 Å². The minimum Gasteiger partial charge on any atom is -0.335 e. The van der Waals surface area contributed by atoms with E-state index in [1.807, 2.05) is 15.9 Å². The fraction of sp³-hybridized carbons (Fsp3) is 0.542. The standard InChI is InChI=1S/C24H27F3N6O/c25-24(26,27)17-9-28-21(29-10-17)32-12-20-6-19(32)13-33(20)22(34)30-18-7-23(8-18)14-31(15-23)11-16-4-2-1-3-5-16/h1-5,9-10,18-20H,6-8,11-15H2,(H,30,34)/t19-,20-/m0/s1. The molecule has 0 radical (unpaired) electrons. The number of benzene rings is 1. The zero-order valence-electron chi connectivity index (χ0n) is 18.7. The van der Waals surface area contributed by atoms with Crippen LogP contribution in [0.1, 0.15) is 30.4 Å². The molecule has 2 bridgehead atoms. The fourth-order valence-corrected chi connectivity index (χ4v) is 6.24. The van der Waals surface area contributed by atoms with Crippen molar-refractivity contribution in [2.45, 2.75) is 50.1 Å². The van der Waals surface area contributed by atoms with Crippen molar-refractivity contribution in [2.75, 3.05) is 31.1 Å². The Morgan fingerprint density at radius 2 is 1.76 bits per heavy atom. The molecule has 10 heteroatoms. The molecule has 0 unspecified atom stereocenters. The van der Waals surface area contributed by atoms with Gasteiger partial charge in [0.1, 0.15) is 0 Å². The zero-order chi connectivity index (χ0) is 23.5. The number of nitrogens with one attached hydrogen (secondary N) is 1. The Morgan fingerprint density at radius 3 is 2.38 bits per heavy atom. The summed E-state index contributed by atoms with van der Waals surface area (Å²) in [6.45, 7) is 4.25. The third kappa shape index (κ3) is 3.87. The first-order valence-electron chi connectivity index (χ1n) is 11.8. The number of likely N-dealkylation sites (tertiary alicyclic amines) is 2. The monoisotopic (exact) mass is 472 g/mol. The lowest BCUT2D eigenvalue weighted by molar-refractivity contribution is -0.138. The minimum atomic E-state index is -4.45. The van der Waals surface area contributed by atoms with Crippen LogP contribution < -0.4 is 10.2 Å². The van der Waals surface area contributed by atoms with E-state index >= 15 is 0 Å². The number of urea groups is 1. The molecule has 3 saturated heterocycles. The second kappa shape index (κ2) is 7.83. The number of halogens is 3. The second-order valence-corrected chi connectivity index (χ2v) is 10.3. The van der Waals surface area contributed by atoms with E-state index in [9.17, 15) is 18.0 Å². The van der Waals surface area contributed by atoms with Gasteiger partial charge in [0, 0.05) is 51.2 Å². The van der Waals surface area contributed by atoms with Crippen molar-refractivity contribution in [2.24, 2.45) is 5.41 Å². The summed E-state index contributed by atoms with van der Waals surface area (Å²) in [5, 5.41) is 3.20. The molecule has 1 aliphatic carbocycles. The number of rotatable bonds is 4. The SMILES string of the molecule is O=C(NC1CC2(C1)CN(Cc1ccccc1)C2)N1C[C@@H]2C[C@H]1CN2c1ncc(C(F)(F)F)cn1. The van der Waals surface area contributed by atoms with E-state index in [1.165, 1.54) is 5.56 Å². The van der Waals surface area contributed by atoms with Gasteiger partial charge in [-0.15, -0.1) is 0 Å². The van der Waals surface area contributed by atoms with Crippen molar-refractivity contribution >= 4 is 12.0 Å². The molecule has 6 rings (SSSR count). The Bertz CT molecular complexity index is 1050. The van der Waals surface area contributed by atoms with Gasteiger partial charge in [0.25, 0.3) is 0 Å². The Labute approximate surface area is 196 Å². The van der Waals surface area contributed by atoms with Crippen LogP contribution in [0.25, 0.3) is 0 Å². The van der Waals surface area contributed by atoms with E-state index in [-0.39, 0.29) is 24.2 Å². The van der Waals surface area contributed by atoms with Crippen LogP contribution in [0.2, 0.25) is 0 Å². The maximum absolute atomic E-state index is 12.9. The third-order valence-corrected chi connectivity index (χ3v) is 7.78. The smallest absolute Gasteiger partial charge is 0.335 e. The first-order chi connectivity index (χ1) is 16.3. The highest BCUT2D eigenvalue weighted by atomic mass is 19.4. The normalized spacial score (nSPS) is 26.0. The molecule has 1 aromatic heterocycles. The predicted molar refractivity (Wildman–Crippen MR) is 119 cm³/mol. The second-order valence-electron chi connectivity index (χ2n) is 10.3. The lowest BCUT2D eigenvalue weighted by Gasteiger charge is -2.59. The number of piperazine rings is 1. The maximum atomic E-state index is 12.9. The van der Waals surface area contributed by atoms with Crippen LogP contribution in [0, 0.1) is 5.41 Å². The van der Waals surface area contributed by atoms with Crippen molar-refractivity contribution in [1.29, 1.82) is 0 Å². The number of hydrogen-bond acceptors (Lipinski definition) is 5. The summed E-state index contributed by atoms with van der Waals surface area (Å²) in [6.07, 6.45) is 0.0480. The van der Waals surface area contributed by atoms with Crippen LogP contribution in [0.5, 0.6) is 0 Å². The van der Waals surface area contributed by atoms with E-state index in [0.29, 0.717) is 24.5 Å². The molecular weight excluding hydrogens is 445 g/mol. The number of amides is 2. The van der Waals surface area contributed by atoms with Crippen molar-refractivity contribution < 1.29 is 18.0 Å². The molecule has 1 aromatic carbocycles. The van der Waals surface area contributed by atoms with Crippen LogP contribution in [0.15, 0.2) is 42.7 Å². The van der Waals surface area contributed by atoms with Crippen molar-refractivity contribution in [3.05, 3.63) is 53.9 Å². The van der Waals surface area contributed by atoms with E-state index < -0.39 is 11.7 Å². The third-order valence-electron chi connectivity index (χ3n) is 7.78. The fourth-order valence-electron chi connectivity index (χ4n) is 6.24. The minimum absolute atomic E-state index is 0.0270. The van der Waals surface area contributed by atoms with Gasteiger partial charge in [0.05, 0.1) is 17.6 Å². The average molecular weight is 473 g/mol. The van der Waals surface area contributed by atoms with Gasteiger partial charge in [-0.3, -0.25) is 4.90 Å². The van der Waals surface area contributed by atoms with E-state index in [2.05, 4.69) is 44.5 Å². The maximum Gasteiger partial charge on any atom is 0.419 e. The summed E-state index contributed by atoms with van der Waals surface area (Å²) in [4.78, 5) is 27.0. The molecule has 180 valence electrons. The molecule has 34 heavy (non-hydrogen) atoms. The highest BCUT2D eigenvalue weighted by molar-refractivity contribution is 5.76. The number of nitrogens with zero attached hydrogens (tertiary/aromatic N) is 5. The summed E-state index contributed by atoms with van der Waals surface area (Å²) < 4.78 is 38.3. The number of alkyl halides is 3. The number of anilines is 1. The van der Waals surface area contributed by atoms with E-state index in [1.54, 1.807) is 0 Å². The van der Waals surface area contributed by atoms with Gasteiger partial charge in [0.15, 0.2) is 0 Å². The number of carbonyl (C=O) groups is 1. The number of carbonyl (C=O) groups excluding carboxylic acids is 1. The van der Waals surface area contributed by atoms with Gasteiger partial charge in [-0.2, -0.15) is 13.2 Å². The molecule has 2 aromatic rings. The predicted octanol–water partition coefficient (Wildman–Crippen LogP) is 3.13. The van der Waals surface area contributed by atoms with Gasteiger partial charge in [-0.05, 0) is 30.2 Å². The molecule has 1 saturated carbocycles. The molecule has 4 aliphatic rings. The molecule has 4 heterocycles. The zero-order valence-corrected chi connectivity index (χ0v) is 18.7. The highest BCUT2D eigenvalue weighted by Gasteiger charge is 2.53. The van der Waals surface area contributed by atoms with Crippen LogP contribution in [-0.4, -0.2) is 70.1 Å². The molecule has 7 nitrogen and oxygen atoms in total. The highest BCUT2D eigenvalue weighted by Crippen LogP contribution is 2.49. The lowest BCUT2D eigenvalue weighted by atomic mass is 9.60. The molecule has 3 aliphatic heterocycles. The van der Waals surface area contributed by atoms with E-state index in [0.717, 1.165) is 51.3 Å². The van der Waals surface area contributed by atoms with Crippen molar-refractivity contribution in [3.8, 4) is 0 Å². The summed E-state index contributed by atoms with van der Waals surface area (Å²) in [5.41, 5.74) is 0.837. The Morgan fingerprint density at radius 1 is 1.06 bits per heavy atom. The van der Waals surface area contributed by atoms with Crippen LogP contribution in [0.4, 0.5) is 23.9 Å². The number of fused-ring (bicyclic) bond motifs is 2. The Balaban J connectivity index is 0.963. The lowest BCUT2D eigenvalue weighted by Crippen LogP contribution is -2.67. The van der Waals surface area contributed by atoms with Crippen molar-refractivity contribution in [1.82, 2.24) is 25.1 Å². The van der Waals surface area contributed by atoms with E-state index in [4.69, 9.17) is 0 Å². The first-order valence-corrected chi connectivity index (χ1v) is 11.8. The number of aromatic nitrogens is 2. The van der Waals surface area contributed by atoms with Crippen LogP contribution in [0.3, 0.4) is 0 Å². The van der Waals surface area contributed by atoms with Crippen LogP contribution >= 0.6 is 0 Å². The summed E-state index contributed by atoms with van der Waals surface area (Å²) >= 11 is 0. The van der Waals surface area contributed by atoms with Gasteiger partial charge in [-0.1, -0.05) is 30.3 Å². The first kappa shape index (κ1) is 21.6. The average Bonchev–Trinajstić information content (AvgIpc) is 3.37. The molecular formula is C24H27F3N6O. The summed E-state index contributed by atoms with van der Waals surface area (Å²) in [7, 11) is 0. The molecule has 1 N–H and O–H groups in total. The topological polar surface area (TPSA) is 64.6 Å². The summed E-state index contributed by atoms with van der Waals surface area (Å²) in [5.74, 6) is 0.298. The molecule has 1 spiro atoms. The van der Waals surface area contributed by atoms with Gasteiger partial charge < -0.3 is 15.1 Å². The summed E-state index contributed by atoms with van der Waals surface area (Å²) in [6, 6.07) is 10.8. The van der Waals surface area contributed by atoms with Crippen molar-refractivity contribution in [3.63, 3.8) is 0 Å². The molecule has 2 amide bonds. The van der Waals surface area contributed by atoms with Gasteiger partial charge >= 0.3 is 12.2 Å². The van der Waals surface area contributed by atoms with Gasteiger partial charge in [-0.25, -0.2) is 14.8 Å². The molecule has 4 fully saturated rings. The largest absolute Gasteiger partial charge is 0.419 e. The quantitative estimate of drug-likeness (QED) is 0.741. The molecule has 2 atom stereocenters. The Hall–Kier alpha value is -2.88. The van der Waals surface area contributed by atoms with Crippen LogP contribution in [-0.2, 0) is 12.7 Å². The Kier molecular flexibility index (Phi) is 4.98. The number of hydrogen-bond donors (Lipinski definition) is 1.